The molecule has 1 amide bonds. The van der Waals surface area contributed by atoms with Crippen LogP contribution in [-0.2, 0) is 9.59 Å². The number of carbonyl (C=O) groups is 2. The zero-order valence-corrected chi connectivity index (χ0v) is 12.9. The Kier molecular flexibility index (Phi) is 9.07. The molecule has 0 fully saturated rings. The molecule has 0 aliphatic rings. The van der Waals surface area contributed by atoms with Gasteiger partial charge in [-0.25, -0.2) is 0 Å². The number of amides is 1. The molecule has 7 heteroatoms. The summed E-state index contributed by atoms with van der Waals surface area (Å²) < 4.78 is 21.7. The Hall–Kier alpha value is -1.63. The lowest BCUT2D eigenvalue weighted by Gasteiger charge is -2.17. The molecule has 0 aromatic rings. The number of likely N-dealkylation sites (N-methyl/N-ethyl adjacent to an activating group) is 1. The van der Waals surface area contributed by atoms with Gasteiger partial charge >= 0.3 is 5.97 Å². The van der Waals surface area contributed by atoms with Gasteiger partial charge in [0, 0.05) is 24.1 Å². The van der Waals surface area contributed by atoms with Gasteiger partial charge in [0.1, 0.15) is 6.54 Å². The monoisotopic (exact) mass is 318 g/mol. The van der Waals surface area contributed by atoms with Crippen LogP contribution in [0.5, 0.6) is 0 Å². The summed E-state index contributed by atoms with van der Waals surface area (Å²) in [5.41, 5.74) is 0. The van der Waals surface area contributed by atoms with Crippen molar-refractivity contribution in [2.75, 3.05) is 20.1 Å². The van der Waals surface area contributed by atoms with E-state index in [1.807, 2.05) is 0 Å². The quantitative estimate of drug-likeness (QED) is 0.248. The zero-order valence-electron chi connectivity index (χ0n) is 15.9. The smallest absolute Gasteiger partial charge is 0.323 e. The Morgan fingerprint density at radius 2 is 1.64 bits per heavy atom. The van der Waals surface area contributed by atoms with E-state index in [4.69, 9.17) is 19.7 Å². The Bertz CT molecular complexity index is 431. The van der Waals surface area contributed by atoms with Crippen LogP contribution in [0.2, 0.25) is 0 Å². The van der Waals surface area contributed by atoms with Gasteiger partial charge in [0.25, 0.3) is 0 Å². The summed E-state index contributed by atoms with van der Waals surface area (Å²) in [7, 11) is 0. The predicted octanol–water partition coefficient (Wildman–Crippen LogP) is 1.56. The minimum Gasteiger partial charge on any atom is -0.480 e. The van der Waals surface area contributed by atoms with Gasteiger partial charge < -0.3 is 15.1 Å². The van der Waals surface area contributed by atoms with Crippen molar-refractivity contribution < 1.29 is 23.9 Å². The fourth-order valence-corrected chi connectivity index (χ4v) is 1.93. The predicted molar refractivity (Wildman–Crippen MR) is 84.8 cm³/mol. The first-order valence-electron chi connectivity index (χ1n) is 9.17. The number of carbonyl (C=O) groups excluding carboxylic acids is 1. The van der Waals surface area contributed by atoms with Gasteiger partial charge in [0.2, 0.25) is 5.91 Å². The highest BCUT2D eigenvalue weighted by molar-refractivity contribution is 5.96. The van der Waals surface area contributed by atoms with Crippen LogP contribution in [0.15, 0.2) is 0 Å². The fourth-order valence-electron chi connectivity index (χ4n) is 1.93. The first-order chi connectivity index (χ1) is 11.7. The normalized spacial score (nSPS) is 12.9. The number of hydrogen-bond acceptors (Lipinski definition) is 4. The van der Waals surface area contributed by atoms with Crippen LogP contribution in [0.3, 0.4) is 0 Å². The number of carboxylic acid groups (broad SMARTS) is 1. The van der Waals surface area contributed by atoms with Crippen LogP contribution in [0.1, 0.15) is 61.9 Å². The topological polar surface area (TPSA) is 114 Å². The van der Waals surface area contributed by atoms with E-state index in [1.165, 1.54) is 0 Å². The van der Waals surface area contributed by atoms with E-state index in [0.29, 0.717) is 11.3 Å². The molecule has 0 aromatic heterocycles. The maximum atomic E-state index is 11.7. The van der Waals surface area contributed by atoms with Gasteiger partial charge in [-0.3, -0.25) is 20.3 Å². The van der Waals surface area contributed by atoms with Gasteiger partial charge in [0.05, 0.1) is 0 Å². The van der Waals surface area contributed by atoms with E-state index < -0.39 is 31.4 Å². The van der Waals surface area contributed by atoms with E-state index >= 15 is 0 Å². The second kappa shape index (κ2) is 13.1. The number of rotatable bonds is 12. The zero-order chi connectivity index (χ0) is 19.3. The largest absolute Gasteiger partial charge is 0.480 e. The summed E-state index contributed by atoms with van der Waals surface area (Å²) >= 11 is 0. The summed E-state index contributed by atoms with van der Waals surface area (Å²) in [6.45, 7) is -3.46. The lowest BCUT2D eigenvalue weighted by molar-refractivity contribution is -0.137. The van der Waals surface area contributed by atoms with Crippen molar-refractivity contribution >= 4 is 17.8 Å². The van der Waals surface area contributed by atoms with E-state index in [0.717, 1.165) is 44.9 Å². The third-order valence-corrected chi connectivity index (χ3v) is 3.13. The van der Waals surface area contributed by atoms with Crippen LogP contribution in [0.4, 0.5) is 0 Å². The van der Waals surface area contributed by atoms with E-state index in [9.17, 15) is 9.59 Å². The second-order valence-electron chi connectivity index (χ2n) is 5.18. The number of hydrogen-bond donors (Lipinski definition) is 4. The molecular formula is C15H29N3O4. The fraction of sp³-hybridized carbons (Fsp3) is 0.800. The summed E-state index contributed by atoms with van der Waals surface area (Å²) in [5, 5.41) is 27.1. The molecule has 0 aromatic carbocycles. The highest BCUT2D eigenvalue weighted by atomic mass is 16.4. The molecule has 7 nitrogen and oxygen atoms in total. The Labute approximate surface area is 136 Å². The number of carboxylic acids is 1. The highest BCUT2D eigenvalue weighted by Gasteiger charge is 2.11. The maximum Gasteiger partial charge on any atom is 0.323 e. The molecule has 0 atom stereocenters. The summed E-state index contributed by atoms with van der Waals surface area (Å²) in [6.07, 6.45) is 7.75. The van der Waals surface area contributed by atoms with Crippen molar-refractivity contribution in [1.82, 2.24) is 10.2 Å². The average molecular weight is 318 g/mol. The van der Waals surface area contributed by atoms with Crippen LogP contribution < -0.4 is 5.32 Å². The molecule has 0 radical (unpaired) electrons. The molecule has 0 aliphatic carbocycles. The van der Waals surface area contributed by atoms with E-state index in [-0.39, 0.29) is 13.0 Å². The van der Waals surface area contributed by atoms with E-state index in [1.54, 1.807) is 0 Å². The molecule has 0 saturated carbocycles. The van der Waals surface area contributed by atoms with Crippen LogP contribution in [0, 0.1) is 5.41 Å². The van der Waals surface area contributed by atoms with Gasteiger partial charge in [0.15, 0.2) is 5.96 Å². The van der Waals surface area contributed by atoms with Crippen molar-refractivity contribution in [3.05, 3.63) is 0 Å². The van der Waals surface area contributed by atoms with Gasteiger partial charge in [-0.1, -0.05) is 38.5 Å². The number of aliphatic hydroxyl groups is 1. The maximum absolute atomic E-state index is 11.7. The first kappa shape index (κ1) is 15.3. The molecule has 0 bridgehead atoms. The van der Waals surface area contributed by atoms with Gasteiger partial charge in [-0.15, -0.1) is 0 Å². The molecule has 0 rings (SSSR count). The molecule has 128 valence electrons. The Balaban J connectivity index is 3.96. The van der Waals surface area contributed by atoms with Crippen molar-refractivity contribution in [1.29, 1.82) is 5.41 Å². The second-order valence-corrected chi connectivity index (χ2v) is 5.18. The van der Waals surface area contributed by atoms with Crippen LogP contribution >= 0.6 is 0 Å². The standard InChI is InChI=1S/C15H29N3O4/c1-18(12-14(21)22)15(16)17-13(20)10-8-6-4-2-3-5-7-9-11-19/h19H,2-12H2,1H3,(H,21,22)(H2,16,17,20)/i1D3. The van der Waals surface area contributed by atoms with Gasteiger partial charge in [-0.2, -0.15) is 0 Å². The summed E-state index contributed by atoms with van der Waals surface area (Å²) in [5.74, 6) is -2.61. The molecule has 0 unspecified atom stereocenters. The van der Waals surface area contributed by atoms with E-state index in [2.05, 4.69) is 5.32 Å². The molecule has 0 spiro atoms. The third kappa shape index (κ3) is 12.1. The minimum atomic E-state index is -2.81. The molecule has 0 aliphatic heterocycles. The molecular weight excluding hydrogens is 286 g/mol. The lowest BCUT2D eigenvalue weighted by Crippen LogP contribution is -2.43. The average Bonchev–Trinajstić information content (AvgIpc) is 2.49. The van der Waals surface area contributed by atoms with Crippen LogP contribution in [0.25, 0.3) is 0 Å². The third-order valence-electron chi connectivity index (χ3n) is 3.13. The van der Waals surface area contributed by atoms with Crippen LogP contribution in [-0.4, -0.2) is 53.1 Å². The molecule has 22 heavy (non-hydrogen) atoms. The Morgan fingerprint density at radius 3 is 2.14 bits per heavy atom. The number of aliphatic hydroxyl groups excluding tert-OH is 1. The number of guanidine groups is 1. The first-order valence-corrected chi connectivity index (χ1v) is 7.67. The minimum absolute atomic E-state index is 0.162. The number of aliphatic carboxylic acids is 1. The highest BCUT2D eigenvalue weighted by Crippen LogP contribution is 2.09. The molecule has 4 N–H and O–H groups in total. The summed E-state index contributed by atoms with van der Waals surface area (Å²) in [6, 6.07) is 0. The molecule has 0 heterocycles. The van der Waals surface area contributed by atoms with Crippen molar-refractivity contribution in [3.8, 4) is 0 Å². The Morgan fingerprint density at radius 1 is 1.09 bits per heavy atom. The van der Waals surface area contributed by atoms with Crippen molar-refractivity contribution in [3.63, 3.8) is 0 Å². The summed E-state index contributed by atoms with van der Waals surface area (Å²) in [4.78, 5) is 22.8. The SMILES string of the molecule is [2H]C([2H])([2H])N(CC(=O)O)C(=N)NC(=O)CCCCCCCCCCO. The molecule has 0 saturated heterocycles. The number of unbranched alkanes of at least 4 members (excludes halogenated alkanes) is 7. The number of nitrogens with one attached hydrogen (secondary N) is 2. The number of nitrogens with zero attached hydrogens (tertiary/aromatic N) is 1. The lowest BCUT2D eigenvalue weighted by atomic mass is 10.1. The van der Waals surface area contributed by atoms with Crippen molar-refractivity contribution in [2.24, 2.45) is 0 Å². The van der Waals surface area contributed by atoms with Gasteiger partial charge in [-0.05, 0) is 12.8 Å². The van der Waals surface area contributed by atoms with Crippen molar-refractivity contribution in [2.45, 2.75) is 57.8 Å².